The molecule has 4 rings (SSSR count). The van der Waals surface area contributed by atoms with Gasteiger partial charge in [-0.1, -0.05) is 24.3 Å². The van der Waals surface area contributed by atoms with E-state index in [1.54, 1.807) is 6.07 Å². The smallest absolute Gasteiger partial charge is 0.246 e. The number of amides is 1. The molecule has 0 bridgehead atoms. The van der Waals surface area contributed by atoms with Crippen LogP contribution in [-0.2, 0) is 17.9 Å². The molecule has 0 radical (unpaired) electrons. The van der Waals surface area contributed by atoms with E-state index in [0.29, 0.717) is 42.0 Å². The number of nitrogens with one attached hydrogen (secondary N) is 2. The Labute approximate surface area is 193 Å². The van der Waals surface area contributed by atoms with Gasteiger partial charge in [-0.15, -0.1) is 0 Å². The maximum absolute atomic E-state index is 13.3. The van der Waals surface area contributed by atoms with Crippen LogP contribution >= 0.6 is 13.5 Å². The van der Waals surface area contributed by atoms with E-state index in [4.69, 9.17) is 4.74 Å². The number of ether oxygens (including phenoxy) is 1. The molecule has 7 nitrogen and oxygen atoms in total. The Bertz CT molecular complexity index is 1110. The highest BCUT2D eigenvalue weighted by Crippen LogP contribution is 2.32. The highest BCUT2D eigenvalue weighted by Gasteiger charge is 2.30. The van der Waals surface area contributed by atoms with Crippen LogP contribution in [0.5, 0.6) is 5.75 Å². The van der Waals surface area contributed by atoms with Crippen LogP contribution < -0.4 is 20.3 Å². The van der Waals surface area contributed by atoms with Crippen molar-refractivity contribution in [3.8, 4) is 5.75 Å². The number of aromatic nitrogens is 2. The van der Waals surface area contributed by atoms with Crippen LogP contribution in [0.15, 0.2) is 48.5 Å². The van der Waals surface area contributed by atoms with E-state index in [0.717, 1.165) is 11.1 Å². The van der Waals surface area contributed by atoms with Crippen LogP contribution in [0, 0.1) is 12.7 Å². The molecule has 0 aliphatic carbocycles. The number of benzene rings is 2. The zero-order valence-electron chi connectivity index (χ0n) is 18.1. The van der Waals surface area contributed by atoms with Gasteiger partial charge in [-0.2, -0.15) is 18.5 Å². The molecule has 168 valence electrons. The molecule has 1 amide bonds. The summed E-state index contributed by atoms with van der Waals surface area (Å²) in [6.45, 7) is 4.52. The van der Waals surface area contributed by atoms with Crippen LogP contribution in [-0.4, -0.2) is 29.0 Å². The van der Waals surface area contributed by atoms with Gasteiger partial charge in [0.05, 0.1) is 5.69 Å². The lowest BCUT2D eigenvalue weighted by Crippen LogP contribution is -2.44. The van der Waals surface area contributed by atoms with Crippen molar-refractivity contribution < 1.29 is 13.9 Å². The fourth-order valence-corrected chi connectivity index (χ4v) is 3.30. The number of likely N-dealkylation sites (N-methyl/N-ethyl adjacent to an activating group) is 1. The van der Waals surface area contributed by atoms with Gasteiger partial charge in [0.15, 0.2) is 5.82 Å². The fourth-order valence-electron chi connectivity index (χ4n) is 3.30. The van der Waals surface area contributed by atoms with Crippen LogP contribution in [0.3, 0.4) is 0 Å². The van der Waals surface area contributed by atoms with Crippen molar-refractivity contribution in [3.05, 3.63) is 71.2 Å². The first-order chi connectivity index (χ1) is 14.9. The fraction of sp³-hybridized carbons (Fsp3) is 0.261. The molecule has 1 aliphatic heterocycles. The van der Waals surface area contributed by atoms with E-state index in [2.05, 4.69) is 20.6 Å². The van der Waals surface area contributed by atoms with E-state index in [-0.39, 0.29) is 31.3 Å². The largest absolute Gasteiger partial charge is 0.489 e. The van der Waals surface area contributed by atoms with Crippen LogP contribution in [0.4, 0.5) is 21.8 Å². The summed E-state index contributed by atoms with van der Waals surface area (Å²) in [5, 5.41) is 6.11. The van der Waals surface area contributed by atoms with Crippen LogP contribution in [0.2, 0.25) is 0 Å². The van der Waals surface area contributed by atoms with Crippen molar-refractivity contribution in [1.82, 2.24) is 9.97 Å². The SMILES string of the molecule is Cc1nc(NCc2ccc(OCc3cccc(F)c3)cc2)nc2c1NC(=O)[C@H](C)N2C.S. The van der Waals surface area contributed by atoms with E-state index in [9.17, 15) is 9.18 Å². The lowest BCUT2D eigenvalue weighted by Gasteiger charge is -2.32. The zero-order valence-corrected chi connectivity index (χ0v) is 19.1. The minimum atomic E-state index is -0.297. The minimum absolute atomic E-state index is 0. The molecule has 9 heteroatoms. The molecule has 0 saturated carbocycles. The number of rotatable bonds is 6. The van der Waals surface area contributed by atoms with Gasteiger partial charge < -0.3 is 20.3 Å². The maximum atomic E-state index is 13.3. The third kappa shape index (κ3) is 5.11. The second kappa shape index (κ2) is 9.86. The topological polar surface area (TPSA) is 79.4 Å². The van der Waals surface area contributed by atoms with Crippen molar-refractivity contribution in [2.24, 2.45) is 0 Å². The highest BCUT2D eigenvalue weighted by molar-refractivity contribution is 7.59. The predicted octanol–water partition coefficient (Wildman–Crippen LogP) is 4.00. The number of anilines is 3. The monoisotopic (exact) mass is 455 g/mol. The number of fused-ring (bicyclic) bond motifs is 1. The summed E-state index contributed by atoms with van der Waals surface area (Å²) in [4.78, 5) is 22.9. The Morgan fingerprint density at radius 1 is 1.16 bits per heavy atom. The molecule has 3 aromatic rings. The van der Waals surface area contributed by atoms with Gasteiger partial charge in [0.2, 0.25) is 11.9 Å². The first-order valence-electron chi connectivity index (χ1n) is 10.0. The molecule has 0 spiro atoms. The van der Waals surface area contributed by atoms with Crippen molar-refractivity contribution in [1.29, 1.82) is 0 Å². The first kappa shape index (κ1) is 23.3. The van der Waals surface area contributed by atoms with Crippen molar-refractivity contribution in [2.45, 2.75) is 33.0 Å². The molecule has 0 unspecified atom stereocenters. The minimum Gasteiger partial charge on any atom is -0.489 e. The standard InChI is InChI=1S/C23H24FN5O2.H2S/c1-14-20-21(29(3)15(2)22(30)27-20)28-23(26-14)25-12-16-7-9-19(10-8-16)31-13-17-5-4-6-18(24)11-17;/h4-11,15H,12-13H2,1-3H3,(H,27,30)(H,25,26,28);1H2/t15-;/m0./s1. The van der Waals surface area contributed by atoms with E-state index in [1.165, 1.54) is 12.1 Å². The zero-order chi connectivity index (χ0) is 22.0. The average molecular weight is 456 g/mol. The molecule has 2 N–H and O–H groups in total. The molecule has 2 heterocycles. The number of carbonyl (C=O) groups is 1. The van der Waals surface area contributed by atoms with Crippen molar-refractivity contribution in [2.75, 3.05) is 22.6 Å². The second-order valence-electron chi connectivity index (χ2n) is 7.52. The van der Waals surface area contributed by atoms with Gasteiger partial charge in [-0.3, -0.25) is 4.79 Å². The number of carbonyl (C=O) groups excluding carboxylic acids is 1. The average Bonchev–Trinajstić information content (AvgIpc) is 2.76. The highest BCUT2D eigenvalue weighted by atomic mass is 32.1. The van der Waals surface area contributed by atoms with Crippen molar-refractivity contribution in [3.63, 3.8) is 0 Å². The normalized spacial score (nSPS) is 14.8. The van der Waals surface area contributed by atoms with E-state index in [1.807, 2.05) is 56.1 Å². The summed E-state index contributed by atoms with van der Waals surface area (Å²) in [6, 6.07) is 13.7. The summed E-state index contributed by atoms with van der Waals surface area (Å²) in [7, 11) is 1.85. The lowest BCUT2D eigenvalue weighted by molar-refractivity contribution is -0.117. The molecule has 1 aromatic heterocycles. The third-order valence-corrected chi connectivity index (χ3v) is 5.28. The van der Waals surface area contributed by atoms with E-state index >= 15 is 0 Å². The Balaban J connectivity index is 0.00000289. The Hall–Kier alpha value is -3.33. The molecule has 0 saturated heterocycles. The van der Waals surface area contributed by atoms with E-state index < -0.39 is 0 Å². The number of hydrogen-bond acceptors (Lipinski definition) is 6. The summed E-state index contributed by atoms with van der Waals surface area (Å²) < 4.78 is 19.0. The third-order valence-electron chi connectivity index (χ3n) is 5.28. The summed E-state index contributed by atoms with van der Waals surface area (Å²) in [5.74, 6) is 1.56. The quantitative estimate of drug-likeness (QED) is 0.585. The molecule has 0 fully saturated rings. The van der Waals surface area contributed by atoms with Gasteiger partial charge in [0.25, 0.3) is 0 Å². The van der Waals surface area contributed by atoms with Crippen LogP contribution in [0.25, 0.3) is 0 Å². The molecular formula is C23H26FN5O2S. The Morgan fingerprint density at radius 2 is 1.91 bits per heavy atom. The van der Waals surface area contributed by atoms with Gasteiger partial charge in [-0.25, -0.2) is 9.37 Å². The summed E-state index contributed by atoms with van der Waals surface area (Å²) in [6.07, 6.45) is 0. The van der Waals surface area contributed by atoms with Crippen LogP contribution in [0.1, 0.15) is 23.7 Å². The Kier molecular flexibility index (Phi) is 7.19. The summed E-state index contributed by atoms with van der Waals surface area (Å²) >= 11 is 0. The lowest BCUT2D eigenvalue weighted by atomic mass is 10.2. The van der Waals surface area contributed by atoms with Crippen molar-refractivity contribution >= 4 is 36.9 Å². The van der Waals surface area contributed by atoms with Gasteiger partial charge in [0.1, 0.15) is 29.9 Å². The molecule has 1 aliphatic rings. The summed E-state index contributed by atoms with van der Waals surface area (Å²) in [5.41, 5.74) is 3.17. The van der Waals surface area contributed by atoms with Gasteiger partial charge in [0, 0.05) is 13.6 Å². The number of aryl methyl sites for hydroxylation is 1. The molecule has 1 atom stereocenters. The Morgan fingerprint density at radius 3 is 2.62 bits per heavy atom. The predicted molar refractivity (Wildman–Crippen MR) is 128 cm³/mol. The molecular weight excluding hydrogens is 429 g/mol. The number of hydrogen-bond donors (Lipinski definition) is 2. The number of nitrogens with zero attached hydrogens (tertiary/aromatic N) is 3. The first-order valence-corrected chi connectivity index (χ1v) is 10.0. The molecule has 32 heavy (non-hydrogen) atoms. The number of halogens is 1. The van der Waals surface area contributed by atoms with Gasteiger partial charge >= 0.3 is 0 Å². The van der Waals surface area contributed by atoms with Gasteiger partial charge in [-0.05, 0) is 49.2 Å². The maximum Gasteiger partial charge on any atom is 0.246 e. The molecule has 2 aromatic carbocycles. The second-order valence-corrected chi connectivity index (χ2v) is 7.52.